The summed E-state index contributed by atoms with van der Waals surface area (Å²) in [5.41, 5.74) is -3.45. The largest absolute Gasteiger partial charge is 0.506 e. The summed E-state index contributed by atoms with van der Waals surface area (Å²) in [7, 11) is 0. The fourth-order valence-electron chi connectivity index (χ4n) is 2.51. The molecule has 9 heteroatoms. The average molecular weight is 392 g/mol. The van der Waals surface area contributed by atoms with Crippen LogP contribution in [-0.4, -0.2) is 10.1 Å². The van der Waals surface area contributed by atoms with E-state index in [2.05, 4.69) is 4.98 Å². The topological polar surface area (TPSA) is 70.0 Å². The maximum Gasteiger partial charge on any atom is 0.417 e. The van der Waals surface area contributed by atoms with E-state index in [0.29, 0.717) is 0 Å². The van der Waals surface area contributed by atoms with Crippen molar-refractivity contribution >= 4 is 11.3 Å². The van der Waals surface area contributed by atoms with Crippen molar-refractivity contribution in [1.29, 1.82) is 5.26 Å². The summed E-state index contributed by atoms with van der Waals surface area (Å²) < 4.78 is 72.1. The zero-order valence-electron chi connectivity index (χ0n) is 13.8. The van der Waals surface area contributed by atoms with Crippen molar-refractivity contribution in [3.63, 3.8) is 0 Å². The number of nitrogens with zero attached hydrogens (tertiary/aromatic N) is 2. The van der Waals surface area contributed by atoms with Gasteiger partial charge in [0.1, 0.15) is 46.6 Å². The molecular weight excluding hydrogens is 383 g/mol. The number of alkyl halides is 3. The van der Waals surface area contributed by atoms with E-state index < -0.39 is 51.7 Å². The quantitative estimate of drug-likeness (QED) is 0.358. The predicted octanol–water partition coefficient (Wildman–Crippen LogP) is 5.59. The zero-order chi connectivity index (χ0) is 20.5. The van der Waals surface area contributed by atoms with Crippen LogP contribution in [0.3, 0.4) is 0 Å². The van der Waals surface area contributed by atoms with Gasteiger partial charge in [0.05, 0.1) is 5.56 Å². The van der Waals surface area contributed by atoms with Gasteiger partial charge in [0.15, 0.2) is 0 Å². The van der Waals surface area contributed by atoms with E-state index in [9.17, 15) is 32.3 Å². The molecule has 4 nitrogen and oxygen atoms in total. The van der Waals surface area contributed by atoms with Crippen LogP contribution in [0.5, 0.6) is 0 Å². The normalized spacial score (nSPS) is 12.4. The first-order valence-corrected chi connectivity index (χ1v) is 7.64. The molecule has 0 saturated heterocycles. The molecule has 1 aromatic heterocycles. The first kappa shape index (κ1) is 19.1. The summed E-state index contributed by atoms with van der Waals surface area (Å²) in [5.74, 6) is -3.50. The maximum atomic E-state index is 13.8. The number of aliphatic hydroxyl groups excluding tert-OH is 1. The van der Waals surface area contributed by atoms with Gasteiger partial charge in [-0.2, -0.15) is 18.4 Å². The highest BCUT2D eigenvalue weighted by atomic mass is 19.4. The molecular formula is C19H9F5N2O2. The Labute approximate surface area is 154 Å². The summed E-state index contributed by atoms with van der Waals surface area (Å²) in [4.78, 5) is 3.74. The molecule has 0 aliphatic rings. The van der Waals surface area contributed by atoms with Gasteiger partial charge in [-0.25, -0.2) is 13.8 Å². The number of oxazole rings is 1. The van der Waals surface area contributed by atoms with E-state index in [0.717, 1.165) is 42.7 Å². The van der Waals surface area contributed by atoms with Gasteiger partial charge in [-0.15, -0.1) is 0 Å². The molecule has 0 amide bonds. The Balaban J connectivity index is 2.14. The molecule has 2 aromatic carbocycles. The second-order valence-electron chi connectivity index (χ2n) is 5.51. The van der Waals surface area contributed by atoms with Gasteiger partial charge in [0.2, 0.25) is 5.89 Å². The molecule has 3 rings (SSSR count). The summed E-state index contributed by atoms with van der Waals surface area (Å²) in [6.45, 7) is 0. The molecule has 1 heterocycles. The zero-order valence-corrected chi connectivity index (χ0v) is 13.8. The summed E-state index contributed by atoms with van der Waals surface area (Å²) in [6.07, 6.45) is -3.97. The van der Waals surface area contributed by atoms with Crippen LogP contribution in [0, 0.1) is 23.0 Å². The minimum atomic E-state index is -4.78. The first-order valence-electron chi connectivity index (χ1n) is 7.64. The lowest BCUT2D eigenvalue weighted by Gasteiger charge is -2.12. The van der Waals surface area contributed by atoms with Crippen LogP contribution in [0.25, 0.3) is 22.8 Å². The van der Waals surface area contributed by atoms with Crippen molar-refractivity contribution in [2.45, 2.75) is 6.18 Å². The van der Waals surface area contributed by atoms with Crippen molar-refractivity contribution in [2.75, 3.05) is 0 Å². The monoisotopic (exact) mass is 392 g/mol. The van der Waals surface area contributed by atoms with Crippen LogP contribution in [0.4, 0.5) is 22.0 Å². The van der Waals surface area contributed by atoms with E-state index in [1.807, 2.05) is 0 Å². The minimum Gasteiger partial charge on any atom is -0.506 e. The van der Waals surface area contributed by atoms with Crippen molar-refractivity contribution in [2.24, 2.45) is 0 Å². The molecule has 28 heavy (non-hydrogen) atoms. The molecule has 0 aliphatic carbocycles. The Morgan fingerprint density at radius 3 is 2.29 bits per heavy atom. The highest BCUT2D eigenvalue weighted by Crippen LogP contribution is 2.36. The lowest BCUT2D eigenvalue weighted by Crippen LogP contribution is -2.09. The number of aliphatic hydroxyl groups is 1. The summed E-state index contributed by atoms with van der Waals surface area (Å²) in [5, 5.41) is 19.6. The number of allylic oxidation sites excluding steroid dienone is 1. The number of hydrogen-bond acceptors (Lipinski definition) is 4. The molecule has 0 bridgehead atoms. The number of benzene rings is 2. The third kappa shape index (κ3) is 3.44. The Morgan fingerprint density at radius 1 is 1.04 bits per heavy atom. The number of aromatic nitrogens is 1. The van der Waals surface area contributed by atoms with Gasteiger partial charge >= 0.3 is 6.18 Å². The Morgan fingerprint density at radius 2 is 1.68 bits per heavy atom. The van der Waals surface area contributed by atoms with Gasteiger partial charge in [0, 0.05) is 5.56 Å². The third-order valence-electron chi connectivity index (χ3n) is 3.77. The average Bonchev–Trinajstić information content (AvgIpc) is 3.10. The van der Waals surface area contributed by atoms with Gasteiger partial charge < -0.3 is 9.52 Å². The van der Waals surface area contributed by atoms with Crippen molar-refractivity contribution in [1.82, 2.24) is 4.98 Å². The molecule has 0 saturated carbocycles. The van der Waals surface area contributed by atoms with Gasteiger partial charge in [-0.1, -0.05) is 24.3 Å². The van der Waals surface area contributed by atoms with E-state index >= 15 is 0 Å². The van der Waals surface area contributed by atoms with Crippen LogP contribution in [-0.2, 0) is 6.18 Å². The van der Waals surface area contributed by atoms with Gasteiger partial charge in [0.25, 0.3) is 0 Å². The third-order valence-corrected chi connectivity index (χ3v) is 3.77. The standard InChI is InChI=1S/C19H9F5N2O2/c20-13-6-3-7-14(21)16(13)18-26-15(9-28-18)11(8-25)17(27)10-4-1-2-5-12(10)19(22,23)24/h1-7,9,27H/b17-11-. The molecule has 0 spiro atoms. The Hall–Kier alpha value is -3.67. The highest BCUT2D eigenvalue weighted by Gasteiger charge is 2.34. The van der Waals surface area contributed by atoms with Crippen LogP contribution < -0.4 is 0 Å². The molecule has 0 unspecified atom stereocenters. The lowest BCUT2D eigenvalue weighted by molar-refractivity contribution is -0.137. The van der Waals surface area contributed by atoms with Gasteiger partial charge in [-0.3, -0.25) is 0 Å². The van der Waals surface area contributed by atoms with E-state index in [-0.39, 0.29) is 5.69 Å². The van der Waals surface area contributed by atoms with Crippen LogP contribution in [0.1, 0.15) is 16.8 Å². The number of nitriles is 1. The Kier molecular flexibility index (Phi) is 4.88. The fourth-order valence-corrected chi connectivity index (χ4v) is 2.51. The lowest BCUT2D eigenvalue weighted by atomic mass is 10.0. The molecule has 0 aliphatic heterocycles. The molecule has 142 valence electrons. The van der Waals surface area contributed by atoms with Crippen LogP contribution >= 0.6 is 0 Å². The highest BCUT2D eigenvalue weighted by molar-refractivity contribution is 5.93. The molecule has 3 aromatic rings. The fraction of sp³-hybridized carbons (Fsp3) is 0.0526. The number of halogens is 5. The molecule has 0 fully saturated rings. The number of rotatable bonds is 3. The van der Waals surface area contributed by atoms with Crippen LogP contribution in [0.15, 0.2) is 53.1 Å². The van der Waals surface area contributed by atoms with E-state index in [1.54, 1.807) is 6.07 Å². The van der Waals surface area contributed by atoms with Crippen molar-refractivity contribution in [3.8, 4) is 17.5 Å². The first-order chi connectivity index (χ1) is 13.2. The molecule has 0 radical (unpaired) electrons. The smallest absolute Gasteiger partial charge is 0.417 e. The molecule has 1 N–H and O–H groups in total. The second kappa shape index (κ2) is 7.15. The van der Waals surface area contributed by atoms with E-state index in [4.69, 9.17) is 4.42 Å². The summed E-state index contributed by atoms with van der Waals surface area (Å²) in [6, 6.07) is 8.68. The Bertz CT molecular complexity index is 1090. The van der Waals surface area contributed by atoms with Crippen molar-refractivity contribution < 1.29 is 31.5 Å². The maximum absolute atomic E-state index is 13.8. The summed E-state index contributed by atoms with van der Waals surface area (Å²) >= 11 is 0. The van der Waals surface area contributed by atoms with E-state index in [1.165, 1.54) is 6.07 Å². The SMILES string of the molecule is N#C/C(=C(/O)c1ccccc1C(F)(F)F)c1coc(-c2c(F)cccc2F)n1. The second-order valence-corrected chi connectivity index (χ2v) is 5.51. The minimum absolute atomic E-state index is 0.380. The van der Waals surface area contributed by atoms with Crippen LogP contribution in [0.2, 0.25) is 0 Å². The van der Waals surface area contributed by atoms with Crippen molar-refractivity contribution in [3.05, 3.63) is 77.2 Å². The predicted molar refractivity (Wildman–Crippen MR) is 88.4 cm³/mol. The number of hydrogen-bond donors (Lipinski definition) is 1. The van der Waals surface area contributed by atoms with Gasteiger partial charge in [-0.05, 0) is 18.2 Å². The molecule has 0 atom stereocenters.